The van der Waals surface area contributed by atoms with Crippen LogP contribution in [0.4, 0.5) is 22.9 Å². The number of benzene rings is 1. The first-order valence-electron chi connectivity index (χ1n) is 8.34. The third-order valence-electron chi connectivity index (χ3n) is 5.14. The number of pyridine rings is 1. The summed E-state index contributed by atoms with van der Waals surface area (Å²) in [5.41, 5.74) is 4.71. The van der Waals surface area contributed by atoms with Crippen molar-refractivity contribution in [2.45, 2.75) is 31.5 Å². The molecular formula is C18H20N4O. The van der Waals surface area contributed by atoms with Crippen LogP contribution in [0.2, 0.25) is 0 Å². The van der Waals surface area contributed by atoms with Gasteiger partial charge in [-0.1, -0.05) is 6.07 Å². The molecule has 4 aliphatic rings. The van der Waals surface area contributed by atoms with Crippen LogP contribution < -0.4 is 15.5 Å². The summed E-state index contributed by atoms with van der Waals surface area (Å²) in [6, 6.07) is 11.2. The number of piperidine rings is 1. The number of nitrogens with zero attached hydrogens (tertiary/aromatic N) is 2. The maximum atomic E-state index is 5.83. The van der Waals surface area contributed by atoms with Crippen LogP contribution >= 0.6 is 0 Å². The van der Waals surface area contributed by atoms with Gasteiger partial charge in [0.05, 0.1) is 30.1 Å². The van der Waals surface area contributed by atoms with Gasteiger partial charge in [0.1, 0.15) is 5.82 Å². The standard InChI is InChI=1S/C18H20N4O/c1-2-12-9-20-17-8-13(4-6-16(17)21-18(12)19-7-1)22-10-15-5-3-14(22)11-23-15/h1-2,4,6-8,14-15,20H,3,5,9-11H2,(H,19,21)/t14-,15-/m0/s1. The number of morpholine rings is 1. The molecule has 0 saturated carbocycles. The average Bonchev–Trinajstić information content (AvgIpc) is 2.81. The van der Waals surface area contributed by atoms with Crippen LogP contribution in [0.5, 0.6) is 0 Å². The van der Waals surface area contributed by atoms with E-state index in [0.29, 0.717) is 12.1 Å². The average molecular weight is 308 g/mol. The van der Waals surface area contributed by atoms with Gasteiger partial charge in [-0.2, -0.15) is 0 Å². The molecule has 5 heteroatoms. The van der Waals surface area contributed by atoms with Crippen LogP contribution in [-0.4, -0.2) is 30.3 Å². The summed E-state index contributed by atoms with van der Waals surface area (Å²) in [5.74, 6) is 0.942. The first kappa shape index (κ1) is 13.2. The fraction of sp³-hybridized carbons (Fsp3) is 0.389. The SMILES string of the molecule is c1cnc2c(c1)CNc1cc(N3C[C@@H]4CC[C@H]3CO4)ccc1N2. The van der Waals surface area contributed by atoms with Crippen molar-refractivity contribution >= 4 is 22.9 Å². The molecule has 0 aliphatic carbocycles. The Bertz CT molecular complexity index is 740. The topological polar surface area (TPSA) is 49.4 Å². The maximum Gasteiger partial charge on any atom is 0.135 e. The van der Waals surface area contributed by atoms with E-state index in [-0.39, 0.29) is 0 Å². The number of ether oxygens (including phenoxy) is 1. The van der Waals surface area contributed by atoms with Crippen LogP contribution in [-0.2, 0) is 11.3 Å². The fourth-order valence-corrected chi connectivity index (χ4v) is 3.84. The largest absolute Gasteiger partial charge is 0.379 e. The van der Waals surface area contributed by atoms with E-state index < -0.39 is 0 Å². The van der Waals surface area contributed by atoms with Crippen molar-refractivity contribution < 1.29 is 4.74 Å². The van der Waals surface area contributed by atoms with E-state index in [0.717, 1.165) is 36.9 Å². The molecule has 3 fully saturated rings. The van der Waals surface area contributed by atoms with E-state index in [9.17, 15) is 0 Å². The highest BCUT2D eigenvalue weighted by Crippen LogP contribution is 2.37. The van der Waals surface area contributed by atoms with Crippen molar-refractivity contribution in [1.29, 1.82) is 0 Å². The second-order valence-electron chi connectivity index (χ2n) is 6.56. The summed E-state index contributed by atoms with van der Waals surface area (Å²) in [6.07, 6.45) is 4.67. The molecule has 2 aromatic rings. The molecule has 1 aromatic heterocycles. The molecule has 2 atom stereocenters. The molecule has 6 rings (SSSR count). The molecule has 0 radical (unpaired) electrons. The maximum absolute atomic E-state index is 5.83. The fourth-order valence-electron chi connectivity index (χ4n) is 3.84. The van der Waals surface area contributed by atoms with Gasteiger partial charge >= 0.3 is 0 Å². The summed E-state index contributed by atoms with van der Waals surface area (Å²) in [4.78, 5) is 6.95. The van der Waals surface area contributed by atoms with Gasteiger partial charge in [-0.25, -0.2) is 4.98 Å². The summed E-state index contributed by atoms with van der Waals surface area (Å²) >= 11 is 0. The Balaban J connectivity index is 1.47. The zero-order valence-corrected chi connectivity index (χ0v) is 13.0. The zero-order chi connectivity index (χ0) is 15.2. The summed E-state index contributed by atoms with van der Waals surface area (Å²) < 4.78 is 5.83. The molecule has 0 amide bonds. The summed E-state index contributed by atoms with van der Waals surface area (Å²) in [6.45, 7) is 2.67. The Morgan fingerprint density at radius 3 is 3.00 bits per heavy atom. The van der Waals surface area contributed by atoms with E-state index in [1.54, 1.807) is 0 Å². The highest BCUT2D eigenvalue weighted by molar-refractivity contribution is 5.80. The number of fused-ring (bicyclic) bond motifs is 5. The minimum atomic E-state index is 0.401. The molecule has 4 aliphatic heterocycles. The van der Waals surface area contributed by atoms with E-state index in [1.165, 1.54) is 24.1 Å². The van der Waals surface area contributed by atoms with Gasteiger partial charge in [-0.05, 0) is 37.1 Å². The molecule has 2 bridgehead atoms. The Morgan fingerprint density at radius 2 is 2.17 bits per heavy atom. The van der Waals surface area contributed by atoms with Gasteiger partial charge in [0.15, 0.2) is 0 Å². The summed E-state index contributed by atoms with van der Waals surface area (Å²) in [5, 5.41) is 6.99. The van der Waals surface area contributed by atoms with Crippen molar-refractivity contribution in [2.75, 3.05) is 28.7 Å². The number of hydrogen-bond acceptors (Lipinski definition) is 5. The lowest BCUT2D eigenvalue weighted by atomic mass is 9.96. The van der Waals surface area contributed by atoms with Crippen LogP contribution in [0.3, 0.4) is 0 Å². The molecule has 5 heterocycles. The lowest BCUT2D eigenvalue weighted by molar-refractivity contribution is -0.0225. The van der Waals surface area contributed by atoms with E-state index in [4.69, 9.17) is 4.74 Å². The molecule has 118 valence electrons. The van der Waals surface area contributed by atoms with Crippen molar-refractivity contribution in [3.05, 3.63) is 42.1 Å². The molecule has 0 spiro atoms. The number of hydrogen-bond donors (Lipinski definition) is 2. The van der Waals surface area contributed by atoms with Gasteiger partial charge < -0.3 is 20.3 Å². The van der Waals surface area contributed by atoms with Crippen LogP contribution in [0.25, 0.3) is 0 Å². The van der Waals surface area contributed by atoms with Crippen LogP contribution in [0, 0.1) is 0 Å². The lowest BCUT2D eigenvalue weighted by Crippen LogP contribution is -2.54. The molecule has 0 unspecified atom stereocenters. The Kier molecular flexibility index (Phi) is 2.94. The monoisotopic (exact) mass is 308 g/mol. The van der Waals surface area contributed by atoms with Crippen LogP contribution in [0.1, 0.15) is 18.4 Å². The van der Waals surface area contributed by atoms with E-state index >= 15 is 0 Å². The van der Waals surface area contributed by atoms with Gasteiger partial charge in [0.25, 0.3) is 0 Å². The van der Waals surface area contributed by atoms with Crippen molar-refractivity contribution in [3.8, 4) is 0 Å². The second kappa shape index (κ2) is 5.13. The molecular weight excluding hydrogens is 288 g/mol. The Morgan fingerprint density at radius 1 is 1.17 bits per heavy atom. The number of anilines is 4. The predicted molar refractivity (Wildman–Crippen MR) is 91.4 cm³/mol. The number of nitrogens with one attached hydrogen (secondary N) is 2. The second-order valence-corrected chi connectivity index (χ2v) is 6.56. The number of aromatic nitrogens is 1. The normalized spacial score (nSPS) is 25.0. The Hall–Kier alpha value is -2.27. The highest BCUT2D eigenvalue weighted by Gasteiger charge is 2.34. The van der Waals surface area contributed by atoms with Gasteiger partial charge in [-0.3, -0.25) is 0 Å². The molecule has 1 aromatic carbocycles. The van der Waals surface area contributed by atoms with Crippen molar-refractivity contribution in [1.82, 2.24) is 4.98 Å². The minimum Gasteiger partial charge on any atom is -0.379 e. The van der Waals surface area contributed by atoms with Gasteiger partial charge in [-0.15, -0.1) is 0 Å². The third-order valence-corrected chi connectivity index (χ3v) is 5.14. The molecule has 3 saturated heterocycles. The van der Waals surface area contributed by atoms with Crippen molar-refractivity contribution in [2.24, 2.45) is 0 Å². The first-order valence-corrected chi connectivity index (χ1v) is 8.34. The number of rotatable bonds is 1. The first-order chi connectivity index (χ1) is 11.4. The predicted octanol–water partition coefficient (Wildman–Crippen LogP) is 3.12. The van der Waals surface area contributed by atoms with Crippen LogP contribution in [0.15, 0.2) is 36.5 Å². The zero-order valence-electron chi connectivity index (χ0n) is 13.0. The smallest absolute Gasteiger partial charge is 0.135 e. The lowest BCUT2D eigenvalue weighted by Gasteiger charge is -2.46. The van der Waals surface area contributed by atoms with Gasteiger partial charge in [0, 0.05) is 30.5 Å². The van der Waals surface area contributed by atoms with Gasteiger partial charge in [0.2, 0.25) is 0 Å². The summed E-state index contributed by atoms with van der Waals surface area (Å²) in [7, 11) is 0. The van der Waals surface area contributed by atoms with E-state index in [2.05, 4.69) is 44.8 Å². The molecule has 5 nitrogen and oxygen atoms in total. The van der Waals surface area contributed by atoms with E-state index in [1.807, 2.05) is 12.3 Å². The molecule has 23 heavy (non-hydrogen) atoms. The van der Waals surface area contributed by atoms with Crippen molar-refractivity contribution in [3.63, 3.8) is 0 Å². The Labute approximate surface area is 135 Å². The highest BCUT2D eigenvalue weighted by atomic mass is 16.5. The minimum absolute atomic E-state index is 0.401. The quantitative estimate of drug-likeness (QED) is 0.848. The molecule has 2 N–H and O–H groups in total. The third kappa shape index (κ3) is 2.23.